The van der Waals surface area contributed by atoms with Crippen LogP contribution in [0, 0.1) is 0 Å². The molecule has 0 aromatic heterocycles. The predicted octanol–water partition coefficient (Wildman–Crippen LogP) is 3.20. The first-order chi connectivity index (χ1) is 8.20. The fourth-order valence-electron chi connectivity index (χ4n) is 1.41. The lowest BCUT2D eigenvalue weighted by Crippen LogP contribution is -2.38. The van der Waals surface area contributed by atoms with Gasteiger partial charge in [0.2, 0.25) is 0 Å². The Bertz CT molecular complexity index is 421. The van der Waals surface area contributed by atoms with Gasteiger partial charge in [-0.2, -0.15) is 0 Å². The fraction of sp³-hybridized carbons (Fsp3) is 0.462. The van der Waals surface area contributed by atoms with Gasteiger partial charge >= 0.3 is 5.97 Å². The van der Waals surface area contributed by atoms with Crippen LogP contribution in [-0.2, 0) is 16.0 Å². The van der Waals surface area contributed by atoms with Gasteiger partial charge in [0, 0.05) is 16.5 Å². The van der Waals surface area contributed by atoms with E-state index >= 15 is 0 Å². The first-order valence-corrected chi connectivity index (χ1v) is 6.37. The van der Waals surface area contributed by atoms with E-state index in [-0.39, 0.29) is 6.42 Å². The minimum absolute atomic E-state index is 0.257. The Morgan fingerprint density at radius 2 is 1.83 bits per heavy atom. The van der Waals surface area contributed by atoms with Gasteiger partial charge in [0.15, 0.2) is 0 Å². The second-order valence-corrected chi connectivity index (χ2v) is 5.86. The van der Waals surface area contributed by atoms with E-state index in [0.29, 0.717) is 15.6 Å². The Balaban J connectivity index is 2.76. The van der Waals surface area contributed by atoms with Gasteiger partial charge in [-0.05, 0) is 38.5 Å². The molecule has 100 valence electrons. The molecule has 0 bridgehead atoms. The number of carbonyl (C=O) groups excluding carboxylic acids is 1. The van der Waals surface area contributed by atoms with E-state index in [9.17, 15) is 4.79 Å². The molecule has 1 aromatic carbocycles. The third kappa shape index (κ3) is 4.48. The van der Waals surface area contributed by atoms with Gasteiger partial charge in [-0.3, -0.25) is 4.79 Å². The van der Waals surface area contributed by atoms with Crippen LogP contribution < -0.4 is 5.73 Å². The van der Waals surface area contributed by atoms with Gasteiger partial charge in [0.25, 0.3) is 0 Å². The number of benzene rings is 1. The van der Waals surface area contributed by atoms with Crippen LogP contribution >= 0.6 is 23.2 Å². The molecule has 1 unspecified atom stereocenters. The molecule has 0 spiro atoms. The van der Waals surface area contributed by atoms with Crippen molar-refractivity contribution >= 4 is 29.2 Å². The third-order valence-corrected chi connectivity index (χ3v) is 2.90. The van der Waals surface area contributed by atoms with E-state index in [1.807, 2.05) is 0 Å². The van der Waals surface area contributed by atoms with Gasteiger partial charge in [-0.1, -0.05) is 29.3 Å². The van der Waals surface area contributed by atoms with Crippen molar-refractivity contribution in [3.8, 4) is 0 Å². The number of rotatable bonds is 3. The molecular formula is C13H17Cl2NO2. The highest BCUT2D eigenvalue weighted by Crippen LogP contribution is 2.25. The van der Waals surface area contributed by atoms with Crippen LogP contribution in [0.1, 0.15) is 26.3 Å². The summed E-state index contributed by atoms with van der Waals surface area (Å²) in [6, 6.07) is 4.39. The summed E-state index contributed by atoms with van der Waals surface area (Å²) >= 11 is 12.0. The van der Waals surface area contributed by atoms with E-state index in [1.165, 1.54) is 0 Å². The van der Waals surface area contributed by atoms with Gasteiger partial charge in [0.05, 0.1) is 0 Å². The van der Waals surface area contributed by atoms with Crippen molar-refractivity contribution in [2.75, 3.05) is 0 Å². The summed E-state index contributed by atoms with van der Waals surface area (Å²) < 4.78 is 5.20. The number of hydrogen-bond acceptors (Lipinski definition) is 3. The second-order valence-electron chi connectivity index (χ2n) is 5.04. The molecule has 2 N–H and O–H groups in total. The van der Waals surface area contributed by atoms with Crippen LogP contribution in [0.5, 0.6) is 0 Å². The molecule has 0 aliphatic carbocycles. The second kappa shape index (κ2) is 5.91. The van der Waals surface area contributed by atoms with Crippen molar-refractivity contribution in [2.45, 2.75) is 38.8 Å². The topological polar surface area (TPSA) is 52.3 Å². The molecule has 18 heavy (non-hydrogen) atoms. The third-order valence-electron chi connectivity index (χ3n) is 2.20. The molecule has 1 atom stereocenters. The normalized spacial score (nSPS) is 13.2. The van der Waals surface area contributed by atoms with Crippen LogP contribution in [0.2, 0.25) is 10.0 Å². The Morgan fingerprint density at radius 3 is 2.28 bits per heavy atom. The maximum atomic E-state index is 11.8. The van der Waals surface area contributed by atoms with Crippen molar-refractivity contribution in [3.63, 3.8) is 0 Å². The Hall–Kier alpha value is -0.770. The summed E-state index contributed by atoms with van der Waals surface area (Å²) in [7, 11) is 0. The molecule has 3 nitrogen and oxygen atoms in total. The summed E-state index contributed by atoms with van der Waals surface area (Å²) in [4.78, 5) is 11.8. The highest BCUT2D eigenvalue weighted by Gasteiger charge is 2.23. The monoisotopic (exact) mass is 289 g/mol. The highest BCUT2D eigenvalue weighted by molar-refractivity contribution is 6.36. The zero-order valence-corrected chi connectivity index (χ0v) is 12.2. The zero-order chi connectivity index (χ0) is 13.9. The smallest absolute Gasteiger partial charge is 0.323 e. The molecule has 0 amide bonds. The van der Waals surface area contributed by atoms with E-state index < -0.39 is 17.6 Å². The molecule has 0 heterocycles. The highest BCUT2D eigenvalue weighted by atomic mass is 35.5. The fourth-order valence-corrected chi connectivity index (χ4v) is 1.96. The van der Waals surface area contributed by atoms with Crippen LogP contribution in [0.25, 0.3) is 0 Å². The van der Waals surface area contributed by atoms with Crippen molar-refractivity contribution < 1.29 is 9.53 Å². The summed E-state index contributed by atoms with van der Waals surface area (Å²) in [5.41, 5.74) is 5.91. The number of ether oxygens (including phenoxy) is 1. The number of nitrogens with two attached hydrogens (primary N) is 1. The summed E-state index contributed by atoms with van der Waals surface area (Å²) in [6.07, 6.45) is 0.257. The Morgan fingerprint density at radius 1 is 1.33 bits per heavy atom. The Labute approximate surface area is 117 Å². The molecule has 0 aliphatic heterocycles. The van der Waals surface area contributed by atoms with Crippen molar-refractivity contribution in [1.82, 2.24) is 0 Å². The molecule has 0 saturated carbocycles. The molecule has 0 aliphatic rings. The first kappa shape index (κ1) is 15.3. The van der Waals surface area contributed by atoms with Crippen molar-refractivity contribution in [3.05, 3.63) is 33.8 Å². The van der Waals surface area contributed by atoms with Crippen LogP contribution in [0.3, 0.4) is 0 Å². The van der Waals surface area contributed by atoms with Crippen molar-refractivity contribution in [1.29, 1.82) is 0 Å². The largest absolute Gasteiger partial charge is 0.459 e. The summed E-state index contributed by atoms with van der Waals surface area (Å²) in [5, 5.41) is 1.00. The SMILES string of the molecule is CC(C)(C)OC(=O)C(N)Cc1c(Cl)cccc1Cl. The molecular weight excluding hydrogens is 273 g/mol. The van der Waals surface area contributed by atoms with E-state index in [1.54, 1.807) is 39.0 Å². The van der Waals surface area contributed by atoms with Gasteiger partial charge < -0.3 is 10.5 Å². The molecule has 1 aromatic rings. The summed E-state index contributed by atoms with van der Waals surface area (Å²) in [6.45, 7) is 5.38. The quantitative estimate of drug-likeness (QED) is 0.870. The number of halogens is 2. The van der Waals surface area contributed by atoms with Crippen LogP contribution in [-0.4, -0.2) is 17.6 Å². The standard InChI is InChI=1S/C13H17Cl2NO2/c1-13(2,3)18-12(17)11(16)7-8-9(14)5-4-6-10(8)15/h4-6,11H,7,16H2,1-3H3. The first-order valence-electron chi connectivity index (χ1n) is 5.62. The molecule has 5 heteroatoms. The lowest BCUT2D eigenvalue weighted by Gasteiger charge is -2.22. The predicted molar refractivity (Wildman–Crippen MR) is 74.0 cm³/mol. The lowest BCUT2D eigenvalue weighted by molar-refractivity contribution is -0.156. The van der Waals surface area contributed by atoms with Gasteiger partial charge in [-0.25, -0.2) is 0 Å². The molecule has 0 radical (unpaired) electrons. The lowest BCUT2D eigenvalue weighted by atomic mass is 10.1. The molecule has 1 rings (SSSR count). The van der Waals surface area contributed by atoms with E-state index in [0.717, 1.165) is 0 Å². The molecule has 0 saturated heterocycles. The Kier molecular flexibility index (Phi) is 5.02. The van der Waals surface area contributed by atoms with Crippen molar-refractivity contribution in [2.24, 2.45) is 5.73 Å². The van der Waals surface area contributed by atoms with Gasteiger partial charge in [0.1, 0.15) is 11.6 Å². The maximum absolute atomic E-state index is 11.8. The number of esters is 1. The average molecular weight is 290 g/mol. The zero-order valence-electron chi connectivity index (χ0n) is 10.7. The van der Waals surface area contributed by atoms with Gasteiger partial charge in [-0.15, -0.1) is 0 Å². The van der Waals surface area contributed by atoms with E-state index in [4.69, 9.17) is 33.7 Å². The minimum Gasteiger partial charge on any atom is -0.459 e. The van der Waals surface area contributed by atoms with Crippen LogP contribution in [0.15, 0.2) is 18.2 Å². The number of carbonyl (C=O) groups is 1. The average Bonchev–Trinajstić information content (AvgIpc) is 2.21. The van der Waals surface area contributed by atoms with E-state index in [2.05, 4.69) is 0 Å². The number of hydrogen-bond donors (Lipinski definition) is 1. The summed E-state index contributed by atoms with van der Waals surface area (Å²) in [5.74, 6) is -0.460. The molecule has 0 fully saturated rings. The maximum Gasteiger partial charge on any atom is 0.323 e. The minimum atomic E-state index is -0.776. The van der Waals surface area contributed by atoms with Crippen LogP contribution in [0.4, 0.5) is 0 Å².